The first-order valence-electron chi connectivity index (χ1n) is 12.0. The van der Waals surface area contributed by atoms with Gasteiger partial charge in [-0.3, -0.25) is 19.4 Å². The molecule has 3 heterocycles. The topological polar surface area (TPSA) is 206 Å². The quantitative estimate of drug-likeness (QED) is 0.177. The van der Waals surface area contributed by atoms with Crippen LogP contribution in [0.2, 0.25) is 0 Å². The molecule has 2 amide bonds. The van der Waals surface area contributed by atoms with E-state index >= 15 is 0 Å². The van der Waals surface area contributed by atoms with Crippen LogP contribution in [0.5, 0.6) is 0 Å². The van der Waals surface area contributed by atoms with Gasteiger partial charge in [0.05, 0.1) is 38.3 Å². The van der Waals surface area contributed by atoms with Crippen LogP contribution in [0.25, 0.3) is 11.2 Å². The Bertz CT molecular complexity index is 1350. The number of nitrogens with zero attached hydrogens (tertiary/aromatic N) is 3. The normalized spacial score (nSPS) is 15.3. The predicted octanol–water partition coefficient (Wildman–Crippen LogP) is -1.03. The van der Waals surface area contributed by atoms with Gasteiger partial charge in [0.15, 0.2) is 11.2 Å². The van der Waals surface area contributed by atoms with Gasteiger partial charge < -0.3 is 36.1 Å². The minimum absolute atomic E-state index is 0.0246. The summed E-state index contributed by atoms with van der Waals surface area (Å²) in [5, 5.41) is 18.4. The molecule has 14 nitrogen and oxygen atoms in total. The Hall–Kier alpha value is -4.08. The number of carbonyl (C=O) groups is 2. The molecular weight excluding hydrogens is 495 g/mol. The lowest BCUT2D eigenvalue weighted by atomic mass is 10.00. The highest BCUT2D eigenvalue weighted by Crippen LogP contribution is 2.13. The number of nitrogen functional groups attached to an aromatic ring is 1. The highest BCUT2D eigenvalue weighted by Gasteiger charge is 2.34. The number of amides is 2. The monoisotopic (exact) mass is 524 g/mol. The van der Waals surface area contributed by atoms with Crippen molar-refractivity contribution >= 4 is 42.3 Å². The summed E-state index contributed by atoms with van der Waals surface area (Å²) in [5.74, 6) is -0.550. The van der Waals surface area contributed by atoms with Gasteiger partial charge in [-0.25, -0.2) is 9.97 Å². The van der Waals surface area contributed by atoms with Crippen molar-refractivity contribution in [3.05, 3.63) is 52.1 Å². The Balaban J connectivity index is 1.24. The number of carbonyl (C=O) groups excluding carboxylic acids is 2. The summed E-state index contributed by atoms with van der Waals surface area (Å²) in [6.07, 6.45) is 2.09. The van der Waals surface area contributed by atoms with E-state index in [1.807, 2.05) is 6.92 Å². The van der Waals surface area contributed by atoms with Crippen molar-refractivity contribution in [3.63, 3.8) is 0 Å². The van der Waals surface area contributed by atoms with Gasteiger partial charge in [-0.1, -0.05) is 0 Å². The first-order valence-corrected chi connectivity index (χ1v) is 12.0. The van der Waals surface area contributed by atoms with Crippen molar-refractivity contribution in [3.8, 4) is 0 Å². The molecule has 1 atom stereocenters. The van der Waals surface area contributed by atoms with Crippen LogP contribution in [0.1, 0.15) is 35.8 Å². The molecule has 1 aliphatic heterocycles. The van der Waals surface area contributed by atoms with Crippen LogP contribution in [0.4, 0.5) is 11.6 Å². The summed E-state index contributed by atoms with van der Waals surface area (Å²) >= 11 is 0. The third-order valence-electron chi connectivity index (χ3n) is 5.92. The van der Waals surface area contributed by atoms with E-state index in [2.05, 4.69) is 35.9 Å². The maximum absolute atomic E-state index is 12.6. The Labute approximate surface area is 218 Å². The minimum Gasteiger partial charge on any atom is -0.411 e. The van der Waals surface area contributed by atoms with Crippen LogP contribution in [-0.2, 0) is 20.6 Å². The second kappa shape index (κ2) is 12.0. The smallest absolute Gasteiger partial charge is 0.411 e. The van der Waals surface area contributed by atoms with Crippen molar-refractivity contribution in [1.29, 1.82) is 0 Å². The Morgan fingerprint density at radius 3 is 2.68 bits per heavy atom. The highest BCUT2D eigenvalue weighted by molar-refractivity contribution is 6.18. The van der Waals surface area contributed by atoms with E-state index in [1.54, 1.807) is 24.3 Å². The third kappa shape index (κ3) is 6.82. The maximum Gasteiger partial charge on any atom is 0.438 e. The van der Waals surface area contributed by atoms with E-state index in [1.165, 1.54) is 6.20 Å². The Morgan fingerprint density at radius 1 is 1.24 bits per heavy atom. The molecular formula is C23H29BN8O6. The van der Waals surface area contributed by atoms with Gasteiger partial charge in [0.1, 0.15) is 5.54 Å². The number of aromatic amines is 1. The van der Waals surface area contributed by atoms with Crippen LogP contribution in [-0.4, -0.2) is 75.9 Å². The second-order valence-corrected chi connectivity index (χ2v) is 9.13. The number of hydrogen-bond donors (Lipinski definition) is 6. The van der Waals surface area contributed by atoms with E-state index < -0.39 is 11.1 Å². The van der Waals surface area contributed by atoms with E-state index in [0.29, 0.717) is 24.2 Å². The van der Waals surface area contributed by atoms with Crippen molar-refractivity contribution in [1.82, 2.24) is 30.6 Å². The third-order valence-corrected chi connectivity index (χ3v) is 5.92. The van der Waals surface area contributed by atoms with Gasteiger partial charge in [-0.15, -0.1) is 0 Å². The fourth-order valence-electron chi connectivity index (χ4n) is 3.85. The van der Waals surface area contributed by atoms with E-state index in [-0.39, 0.29) is 68.9 Å². The molecule has 1 fully saturated rings. The zero-order chi connectivity index (χ0) is 27.1. The number of hydrogen-bond acceptors (Lipinski definition) is 11. The zero-order valence-electron chi connectivity index (χ0n) is 20.8. The SMILES string of the molecule is C[C@H](CCC(=O)NC1(CO)COBOC1)NC(=O)c1ccc(NCc2cnc3nc(N)[nH]c(=O)c3n2)cc1. The zero-order valence-corrected chi connectivity index (χ0v) is 20.8. The fraction of sp³-hybridized carbons (Fsp3) is 0.391. The first-order chi connectivity index (χ1) is 18.3. The van der Waals surface area contributed by atoms with Gasteiger partial charge in [0, 0.05) is 23.7 Å². The molecule has 0 saturated carbocycles. The van der Waals surface area contributed by atoms with Crippen molar-refractivity contribution in [2.75, 3.05) is 30.9 Å². The van der Waals surface area contributed by atoms with Gasteiger partial charge in [-0.2, -0.15) is 4.98 Å². The number of benzene rings is 1. The van der Waals surface area contributed by atoms with Crippen molar-refractivity contribution in [2.45, 2.75) is 37.9 Å². The number of rotatable bonds is 10. The van der Waals surface area contributed by atoms with E-state index in [9.17, 15) is 19.5 Å². The number of nitrogens with one attached hydrogen (secondary N) is 4. The van der Waals surface area contributed by atoms with Crippen LogP contribution >= 0.6 is 0 Å². The average molecular weight is 524 g/mol. The summed E-state index contributed by atoms with van der Waals surface area (Å²) in [6.45, 7) is 2.17. The highest BCUT2D eigenvalue weighted by atomic mass is 16.6. The predicted molar refractivity (Wildman–Crippen MR) is 139 cm³/mol. The number of fused-ring (bicyclic) bond motifs is 1. The lowest BCUT2D eigenvalue weighted by molar-refractivity contribution is -0.126. The molecule has 0 unspecified atom stereocenters. The number of H-pyrrole nitrogens is 1. The summed E-state index contributed by atoms with van der Waals surface area (Å²) in [5.41, 5.74) is 6.11. The average Bonchev–Trinajstić information content (AvgIpc) is 2.91. The lowest BCUT2D eigenvalue weighted by Crippen LogP contribution is -2.60. The van der Waals surface area contributed by atoms with Crippen LogP contribution in [0, 0.1) is 0 Å². The molecule has 0 radical (unpaired) electrons. The van der Waals surface area contributed by atoms with Gasteiger partial charge in [0.25, 0.3) is 11.5 Å². The lowest BCUT2D eigenvalue weighted by Gasteiger charge is -2.36. The summed E-state index contributed by atoms with van der Waals surface area (Å²) < 4.78 is 10.4. The largest absolute Gasteiger partial charge is 0.438 e. The van der Waals surface area contributed by atoms with Gasteiger partial charge in [0.2, 0.25) is 11.9 Å². The Kier molecular flexibility index (Phi) is 8.50. The van der Waals surface area contributed by atoms with Gasteiger partial charge in [-0.05, 0) is 37.6 Å². The summed E-state index contributed by atoms with van der Waals surface area (Å²) in [6, 6.07) is 6.59. The molecule has 200 valence electrons. The van der Waals surface area contributed by atoms with E-state index in [0.717, 1.165) is 5.69 Å². The minimum atomic E-state index is -0.943. The molecule has 2 aromatic heterocycles. The van der Waals surface area contributed by atoms with Crippen molar-refractivity contribution < 1.29 is 24.0 Å². The van der Waals surface area contributed by atoms with Crippen LogP contribution < -0.4 is 27.2 Å². The number of anilines is 2. The summed E-state index contributed by atoms with van der Waals surface area (Å²) in [7, 11) is 0.132. The number of nitrogens with two attached hydrogens (primary N) is 1. The number of aliphatic hydroxyl groups is 1. The standard InChI is InChI=1S/C23H29BN8O6/c1-13(2-7-17(34)32-23(10-33)11-37-24-38-12-23)28-20(35)14-3-5-15(6-4-14)26-8-16-9-27-19-18(29-16)21(36)31-22(25)30-19/h3-6,9,13,24,26,33H,2,7-8,10-12H2,1H3,(H,28,35)(H,32,34)(H3,25,27,30,31,36)/t13-/m1/s1. The molecule has 0 aliphatic carbocycles. The van der Waals surface area contributed by atoms with Gasteiger partial charge >= 0.3 is 7.69 Å². The molecule has 3 aromatic rings. The van der Waals surface area contributed by atoms with E-state index in [4.69, 9.17) is 15.0 Å². The van der Waals surface area contributed by atoms with Crippen LogP contribution in [0.15, 0.2) is 35.3 Å². The molecule has 4 rings (SSSR count). The molecule has 7 N–H and O–H groups in total. The molecule has 0 spiro atoms. The molecule has 15 heteroatoms. The molecule has 1 aromatic carbocycles. The molecule has 1 aliphatic rings. The molecule has 1 saturated heterocycles. The molecule has 38 heavy (non-hydrogen) atoms. The number of aliphatic hydroxyl groups excluding tert-OH is 1. The van der Waals surface area contributed by atoms with Crippen LogP contribution in [0.3, 0.4) is 0 Å². The first kappa shape index (κ1) is 27.0. The Morgan fingerprint density at radius 2 is 1.97 bits per heavy atom. The summed E-state index contributed by atoms with van der Waals surface area (Å²) in [4.78, 5) is 51.7. The molecule has 0 bridgehead atoms. The maximum atomic E-state index is 12.6. The number of aromatic nitrogens is 4. The fourth-order valence-corrected chi connectivity index (χ4v) is 3.85. The second-order valence-electron chi connectivity index (χ2n) is 9.13. The van der Waals surface area contributed by atoms with Crippen molar-refractivity contribution in [2.24, 2.45) is 0 Å².